The molecule has 3 rings (SSSR count). The highest BCUT2D eigenvalue weighted by Crippen LogP contribution is 2.37. The average molecular weight is 295 g/mol. The van der Waals surface area contributed by atoms with Crippen LogP contribution in [0.15, 0.2) is 18.2 Å². The third-order valence-corrected chi connectivity index (χ3v) is 4.87. The van der Waals surface area contributed by atoms with Crippen LogP contribution in [-0.2, 0) is 14.0 Å². The van der Waals surface area contributed by atoms with E-state index in [0.717, 1.165) is 18.7 Å². The van der Waals surface area contributed by atoms with Gasteiger partial charge in [-0.25, -0.2) is 0 Å². The van der Waals surface area contributed by atoms with E-state index in [9.17, 15) is 0 Å². The molecule has 0 saturated carbocycles. The van der Waals surface area contributed by atoms with Crippen molar-refractivity contribution in [3.05, 3.63) is 28.8 Å². The molecule has 0 bridgehead atoms. The Balaban J connectivity index is 1.96. The Labute approximate surface area is 125 Å². The second-order valence-corrected chi connectivity index (χ2v) is 7.03. The van der Waals surface area contributed by atoms with Crippen molar-refractivity contribution in [2.45, 2.75) is 44.8 Å². The molecule has 0 amide bonds. The molecule has 2 heterocycles. The van der Waals surface area contributed by atoms with E-state index in [-0.39, 0.29) is 18.3 Å². The fraction of sp³-hybridized carbons (Fsp3) is 0.600. The minimum atomic E-state index is -0.366. The predicted molar refractivity (Wildman–Crippen MR) is 80.7 cm³/mol. The van der Waals surface area contributed by atoms with Crippen LogP contribution in [0.25, 0.3) is 0 Å². The maximum atomic E-state index is 6.16. The minimum Gasteiger partial charge on any atom is -0.399 e. The lowest BCUT2D eigenvalue weighted by Gasteiger charge is -2.32. The van der Waals surface area contributed by atoms with Crippen molar-refractivity contribution in [1.82, 2.24) is 0 Å². The molecule has 0 atom stereocenters. The highest BCUT2D eigenvalue weighted by molar-refractivity contribution is 6.63. The summed E-state index contributed by atoms with van der Waals surface area (Å²) >= 11 is 6.16. The molecule has 2 saturated heterocycles. The monoisotopic (exact) mass is 294 g/mol. The first-order valence-corrected chi connectivity index (χ1v) is 7.41. The molecule has 2 fully saturated rings. The Morgan fingerprint density at radius 3 is 2.20 bits per heavy atom. The van der Waals surface area contributed by atoms with Gasteiger partial charge in [0.1, 0.15) is 0 Å². The van der Waals surface area contributed by atoms with E-state index in [0.29, 0.717) is 10.9 Å². The van der Waals surface area contributed by atoms with Gasteiger partial charge in [0.2, 0.25) is 0 Å². The zero-order chi connectivity index (χ0) is 14.5. The third kappa shape index (κ3) is 2.29. The van der Waals surface area contributed by atoms with Crippen LogP contribution in [0.3, 0.4) is 0 Å². The zero-order valence-electron chi connectivity index (χ0n) is 12.4. The van der Waals surface area contributed by atoms with Gasteiger partial charge in [0.15, 0.2) is 0 Å². The number of ether oxygens (including phenoxy) is 1. The Hall–Kier alpha value is -0.545. The summed E-state index contributed by atoms with van der Waals surface area (Å²) in [5, 5.41) is 0.707. The third-order valence-electron chi connectivity index (χ3n) is 4.63. The van der Waals surface area contributed by atoms with Gasteiger partial charge in [0.05, 0.1) is 24.4 Å². The Morgan fingerprint density at radius 2 is 1.70 bits per heavy atom. The Kier molecular flexibility index (Phi) is 3.41. The molecule has 108 valence electrons. The van der Waals surface area contributed by atoms with E-state index >= 15 is 0 Å². The van der Waals surface area contributed by atoms with E-state index in [2.05, 4.69) is 33.8 Å². The highest BCUT2D eigenvalue weighted by atomic mass is 35.5. The summed E-state index contributed by atoms with van der Waals surface area (Å²) in [7, 11) is -0.366. The van der Waals surface area contributed by atoms with Gasteiger partial charge in [-0.2, -0.15) is 0 Å². The Morgan fingerprint density at radius 1 is 1.10 bits per heavy atom. The Bertz CT molecular complexity index is 510. The van der Waals surface area contributed by atoms with E-state index in [1.807, 2.05) is 12.1 Å². The second kappa shape index (κ2) is 4.74. The molecule has 3 nitrogen and oxygen atoms in total. The van der Waals surface area contributed by atoms with Crippen LogP contribution in [0.1, 0.15) is 39.2 Å². The number of hydrogen-bond acceptors (Lipinski definition) is 3. The molecule has 1 aromatic carbocycles. The van der Waals surface area contributed by atoms with E-state index in [4.69, 9.17) is 25.6 Å². The van der Waals surface area contributed by atoms with Crippen LogP contribution in [0.4, 0.5) is 0 Å². The van der Waals surface area contributed by atoms with E-state index in [1.54, 1.807) is 0 Å². The van der Waals surface area contributed by atoms with Crippen LogP contribution in [0.2, 0.25) is 5.02 Å². The van der Waals surface area contributed by atoms with E-state index in [1.165, 1.54) is 5.56 Å². The first-order chi connectivity index (χ1) is 9.30. The summed E-state index contributed by atoms with van der Waals surface area (Å²) in [6.07, 6.45) is 0. The van der Waals surface area contributed by atoms with E-state index < -0.39 is 0 Å². The van der Waals surface area contributed by atoms with Gasteiger partial charge in [-0.05, 0) is 50.9 Å². The maximum Gasteiger partial charge on any atom is 0.495 e. The maximum absolute atomic E-state index is 6.16. The standard InChI is InChI=1S/C15H20BClO3/c1-14(2)15(3,4)20-16(19-14)13-7-11(17)5-6-12(13)10-8-18-9-10/h5-7,10H,8-9H2,1-4H3. The molecule has 20 heavy (non-hydrogen) atoms. The van der Waals surface area contributed by atoms with Gasteiger partial charge in [0, 0.05) is 10.9 Å². The van der Waals surface area contributed by atoms with Gasteiger partial charge >= 0.3 is 7.12 Å². The molecule has 0 unspecified atom stereocenters. The van der Waals surface area contributed by atoms with Gasteiger partial charge in [-0.3, -0.25) is 0 Å². The molecule has 0 radical (unpaired) electrons. The normalized spacial score (nSPS) is 24.8. The summed E-state index contributed by atoms with van der Waals surface area (Å²) in [5.74, 6) is 0.418. The lowest BCUT2D eigenvalue weighted by Crippen LogP contribution is -2.41. The number of hydrogen-bond donors (Lipinski definition) is 0. The molecule has 1 aromatic rings. The molecule has 0 spiro atoms. The molecule has 5 heteroatoms. The van der Waals surface area contributed by atoms with Gasteiger partial charge in [-0.15, -0.1) is 0 Å². The van der Waals surface area contributed by atoms with Crippen molar-refractivity contribution in [2.24, 2.45) is 0 Å². The number of halogens is 1. The molecular formula is C15H20BClO3. The lowest BCUT2D eigenvalue weighted by atomic mass is 9.72. The van der Waals surface area contributed by atoms with Crippen LogP contribution in [0.5, 0.6) is 0 Å². The van der Waals surface area contributed by atoms with Crippen LogP contribution in [0, 0.1) is 0 Å². The fourth-order valence-electron chi connectivity index (χ4n) is 2.51. The number of benzene rings is 1. The number of rotatable bonds is 2. The highest BCUT2D eigenvalue weighted by Gasteiger charge is 2.52. The smallest absolute Gasteiger partial charge is 0.399 e. The van der Waals surface area contributed by atoms with Gasteiger partial charge in [0.25, 0.3) is 0 Å². The quantitative estimate of drug-likeness (QED) is 0.785. The first kappa shape index (κ1) is 14.4. The predicted octanol–water partition coefficient (Wildman–Crippen LogP) is 2.75. The largest absolute Gasteiger partial charge is 0.495 e. The van der Waals surface area contributed by atoms with Crippen molar-refractivity contribution < 1.29 is 14.0 Å². The van der Waals surface area contributed by atoms with Crippen molar-refractivity contribution >= 4 is 24.2 Å². The molecule has 2 aliphatic heterocycles. The van der Waals surface area contributed by atoms with Gasteiger partial charge < -0.3 is 14.0 Å². The van der Waals surface area contributed by atoms with Crippen LogP contribution >= 0.6 is 11.6 Å². The lowest BCUT2D eigenvalue weighted by molar-refractivity contribution is 0.00578. The summed E-state index contributed by atoms with van der Waals surface area (Å²) in [6.45, 7) is 9.75. The van der Waals surface area contributed by atoms with Crippen molar-refractivity contribution in [2.75, 3.05) is 13.2 Å². The molecule has 0 aliphatic carbocycles. The molecule has 0 N–H and O–H groups in total. The summed E-state index contributed by atoms with van der Waals surface area (Å²) < 4.78 is 17.6. The molecule has 0 aromatic heterocycles. The first-order valence-electron chi connectivity index (χ1n) is 7.03. The summed E-state index contributed by atoms with van der Waals surface area (Å²) in [6, 6.07) is 5.94. The minimum absolute atomic E-state index is 0.340. The van der Waals surface area contributed by atoms with Crippen molar-refractivity contribution in [3.8, 4) is 0 Å². The van der Waals surface area contributed by atoms with Crippen molar-refractivity contribution in [1.29, 1.82) is 0 Å². The summed E-state index contributed by atoms with van der Waals surface area (Å²) in [5.41, 5.74) is 1.57. The summed E-state index contributed by atoms with van der Waals surface area (Å²) in [4.78, 5) is 0. The average Bonchev–Trinajstić information content (AvgIpc) is 2.48. The fourth-order valence-corrected chi connectivity index (χ4v) is 2.69. The zero-order valence-corrected chi connectivity index (χ0v) is 13.2. The molecule has 2 aliphatic rings. The van der Waals surface area contributed by atoms with Crippen LogP contribution in [-0.4, -0.2) is 31.5 Å². The van der Waals surface area contributed by atoms with Crippen molar-refractivity contribution in [3.63, 3.8) is 0 Å². The second-order valence-electron chi connectivity index (χ2n) is 6.60. The SMILES string of the molecule is CC1(C)OB(c2cc(Cl)ccc2C2COC2)OC1(C)C. The van der Waals surface area contributed by atoms with Crippen LogP contribution < -0.4 is 5.46 Å². The molecular weight excluding hydrogens is 274 g/mol. The van der Waals surface area contributed by atoms with Gasteiger partial charge in [-0.1, -0.05) is 17.7 Å². The topological polar surface area (TPSA) is 27.7 Å².